The van der Waals surface area contributed by atoms with E-state index in [1.54, 1.807) is 12.4 Å². The summed E-state index contributed by atoms with van der Waals surface area (Å²) in [6, 6.07) is 16.0. The smallest absolute Gasteiger partial charge is 0.264 e. The molecule has 4 rings (SSSR count). The Bertz CT molecular complexity index is 1010. The van der Waals surface area contributed by atoms with Gasteiger partial charge in [-0.05, 0) is 79.6 Å². The van der Waals surface area contributed by atoms with Gasteiger partial charge < -0.3 is 9.64 Å². The van der Waals surface area contributed by atoms with E-state index < -0.39 is 0 Å². The summed E-state index contributed by atoms with van der Waals surface area (Å²) in [6.45, 7) is 3.88. The third-order valence-electron chi connectivity index (χ3n) is 5.52. The summed E-state index contributed by atoms with van der Waals surface area (Å²) in [5.41, 5.74) is 2.15. The number of carbonyl (C=O) groups excluding carboxylic acids is 1. The first kappa shape index (κ1) is 21.3. The molecule has 1 aromatic carbocycles. The topological polar surface area (TPSA) is 42.4 Å². The average Bonchev–Trinajstić information content (AvgIpc) is 3.25. The Morgan fingerprint density at radius 2 is 1.77 bits per heavy atom. The maximum atomic E-state index is 13.2. The van der Waals surface area contributed by atoms with E-state index in [4.69, 9.17) is 4.74 Å². The summed E-state index contributed by atoms with van der Waals surface area (Å²) >= 11 is 1.54. The minimum absolute atomic E-state index is 0.0561. The Hall–Kier alpha value is -2.92. The van der Waals surface area contributed by atoms with E-state index in [9.17, 15) is 4.79 Å². The second kappa shape index (κ2) is 10.4. The van der Waals surface area contributed by atoms with Gasteiger partial charge in [0.05, 0.1) is 11.5 Å². The average molecular weight is 433 g/mol. The van der Waals surface area contributed by atoms with Crippen molar-refractivity contribution in [2.75, 3.05) is 6.61 Å². The zero-order valence-corrected chi connectivity index (χ0v) is 18.7. The van der Waals surface area contributed by atoms with Crippen molar-refractivity contribution in [1.82, 2.24) is 9.88 Å². The lowest BCUT2D eigenvalue weighted by Gasteiger charge is -2.23. The molecule has 0 saturated heterocycles. The van der Waals surface area contributed by atoms with E-state index in [-0.39, 0.29) is 5.91 Å². The van der Waals surface area contributed by atoms with Gasteiger partial charge in [0, 0.05) is 30.4 Å². The lowest BCUT2D eigenvalue weighted by molar-refractivity contribution is 0.0735. The number of rotatable bonds is 8. The van der Waals surface area contributed by atoms with Crippen LogP contribution in [0, 0.1) is 12.8 Å². The minimum Gasteiger partial charge on any atom is -0.493 e. The second-order valence-electron chi connectivity index (χ2n) is 8.03. The Morgan fingerprint density at radius 1 is 1.03 bits per heavy atom. The molecule has 5 heteroatoms. The molecule has 2 heterocycles. The number of pyridine rings is 1. The molecule has 0 spiro atoms. The minimum atomic E-state index is 0.0561. The lowest BCUT2D eigenvalue weighted by Crippen LogP contribution is -2.29. The van der Waals surface area contributed by atoms with E-state index in [0.29, 0.717) is 19.0 Å². The highest BCUT2D eigenvalue weighted by atomic mass is 32.1. The summed E-state index contributed by atoms with van der Waals surface area (Å²) < 4.78 is 6.00. The van der Waals surface area contributed by atoms with Gasteiger partial charge in [-0.3, -0.25) is 9.78 Å². The molecule has 1 atom stereocenters. The molecule has 1 unspecified atom stereocenters. The van der Waals surface area contributed by atoms with E-state index in [0.717, 1.165) is 46.1 Å². The standard InChI is InChI=1S/C26H28N2O2S/c1-20-7-12-25(31-20)26(29)28(18-22-13-15-27-16-14-22)17-21-8-10-24(11-9-21)30-19-23-5-3-2-4-6-23/h2-3,7-16,23H,4-6,17-19H2,1H3. The maximum absolute atomic E-state index is 13.2. The molecule has 31 heavy (non-hydrogen) atoms. The number of hydrogen-bond acceptors (Lipinski definition) is 4. The van der Waals surface area contributed by atoms with Gasteiger partial charge >= 0.3 is 0 Å². The molecular weight excluding hydrogens is 404 g/mol. The summed E-state index contributed by atoms with van der Waals surface area (Å²) in [5, 5.41) is 0. The van der Waals surface area contributed by atoms with E-state index in [1.807, 2.05) is 48.2 Å². The first-order valence-electron chi connectivity index (χ1n) is 10.8. The van der Waals surface area contributed by atoms with Crippen LogP contribution in [-0.2, 0) is 13.1 Å². The molecule has 0 N–H and O–H groups in total. The number of ether oxygens (including phenoxy) is 1. The molecule has 0 saturated carbocycles. The van der Waals surface area contributed by atoms with Crippen LogP contribution in [0.2, 0.25) is 0 Å². The van der Waals surface area contributed by atoms with Gasteiger partial charge in [0.25, 0.3) is 5.91 Å². The molecule has 1 aliphatic rings. The molecule has 2 aromatic heterocycles. The van der Waals surface area contributed by atoms with Crippen LogP contribution in [0.1, 0.15) is 44.9 Å². The van der Waals surface area contributed by atoms with Crippen LogP contribution >= 0.6 is 11.3 Å². The van der Waals surface area contributed by atoms with E-state index >= 15 is 0 Å². The number of thiophene rings is 1. The molecule has 1 aliphatic carbocycles. The predicted octanol–water partition coefficient (Wildman–Crippen LogP) is 6.03. The van der Waals surface area contributed by atoms with Gasteiger partial charge in [0.15, 0.2) is 0 Å². The van der Waals surface area contributed by atoms with Crippen LogP contribution in [0.5, 0.6) is 5.75 Å². The monoisotopic (exact) mass is 432 g/mol. The largest absolute Gasteiger partial charge is 0.493 e. The third-order valence-corrected chi connectivity index (χ3v) is 6.51. The number of carbonyl (C=O) groups is 1. The fourth-order valence-electron chi connectivity index (χ4n) is 3.75. The third kappa shape index (κ3) is 6.05. The first-order chi connectivity index (χ1) is 15.2. The van der Waals surface area contributed by atoms with Crippen molar-refractivity contribution < 1.29 is 9.53 Å². The molecular formula is C26H28N2O2S. The Morgan fingerprint density at radius 3 is 2.42 bits per heavy atom. The number of allylic oxidation sites excluding steroid dienone is 2. The van der Waals surface area contributed by atoms with Gasteiger partial charge in [-0.1, -0.05) is 24.3 Å². The van der Waals surface area contributed by atoms with Gasteiger partial charge in [-0.2, -0.15) is 0 Å². The van der Waals surface area contributed by atoms with Crippen LogP contribution in [-0.4, -0.2) is 22.4 Å². The van der Waals surface area contributed by atoms with Gasteiger partial charge in [-0.25, -0.2) is 0 Å². The molecule has 1 amide bonds. The van der Waals surface area contributed by atoms with Gasteiger partial charge in [-0.15, -0.1) is 11.3 Å². The molecule has 4 nitrogen and oxygen atoms in total. The van der Waals surface area contributed by atoms with Crippen molar-refractivity contribution >= 4 is 17.2 Å². The zero-order chi connectivity index (χ0) is 21.5. The summed E-state index contributed by atoms with van der Waals surface area (Å²) in [7, 11) is 0. The van der Waals surface area contributed by atoms with E-state index in [1.165, 1.54) is 17.8 Å². The van der Waals surface area contributed by atoms with Crippen LogP contribution in [0.25, 0.3) is 0 Å². The van der Waals surface area contributed by atoms with Crippen LogP contribution in [0.4, 0.5) is 0 Å². The second-order valence-corrected chi connectivity index (χ2v) is 9.32. The highest BCUT2D eigenvalue weighted by molar-refractivity contribution is 7.13. The summed E-state index contributed by atoms with van der Waals surface area (Å²) in [5.74, 6) is 1.55. The number of benzene rings is 1. The number of hydrogen-bond donors (Lipinski definition) is 0. The number of amides is 1. The van der Waals surface area contributed by atoms with Crippen molar-refractivity contribution in [3.05, 3.63) is 94.0 Å². The van der Waals surface area contributed by atoms with Crippen molar-refractivity contribution in [2.45, 2.75) is 39.3 Å². The normalized spacial score (nSPS) is 15.6. The molecule has 0 aliphatic heterocycles. The zero-order valence-electron chi connectivity index (χ0n) is 17.9. The highest BCUT2D eigenvalue weighted by Crippen LogP contribution is 2.23. The Labute approximate surface area is 188 Å². The van der Waals surface area contributed by atoms with Crippen molar-refractivity contribution in [3.63, 3.8) is 0 Å². The number of aromatic nitrogens is 1. The maximum Gasteiger partial charge on any atom is 0.264 e. The van der Waals surface area contributed by atoms with Crippen molar-refractivity contribution in [2.24, 2.45) is 5.92 Å². The lowest BCUT2D eigenvalue weighted by atomic mass is 9.95. The number of nitrogens with zero attached hydrogens (tertiary/aromatic N) is 2. The van der Waals surface area contributed by atoms with Crippen molar-refractivity contribution in [3.8, 4) is 5.75 Å². The molecule has 160 valence electrons. The summed E-state index contributed by atoms with van der Waals surface area (Å²) in [6.07, 6.45) is 11.5. The fourth-order valence-corrected chi connectivity index (χ4v) is 4.58. The van der Waals surface area contributed by atoms with Crippen molar-refractivity contribution in [1.29, 1.82) is 0 Å². The predicted molar refractivity (Wildman–Crippen MR) is 125 cm³/mol. The van der Waals surface area contributed by atoms with E-state index in [2.05, 4.69) is 29.3 Å². The summed E-state index contributed by atoms with van der Waals surface area (Å²) in [4.78, 5) is 21.1. The first-order valence-corrected chi connectivity index (χ1v) is 11.6. The fraction of sp³-hybridized carbons (Fsp3) is 0.308. The van der Waals surface area contributed by atoms with Crippen LogP contribution in [0.15, 0.2) is 73.1 Å². The quantitative estimate of drug-likeness (QED) is 0.408. The molecule has 3 aromatic rings. The number of aryl methyl sites for hydroxylation is 1. The Kier molecular flexibility index (Phi) is 7.15. The van der Waals surface area contributed by atoms with Crippen LogP contribution < -0.4 is 4.74 Å². The molecule has 0 radical (unpaired) electrons. The Balaban J connectivity index is 1.43. The highest BCUT2D eigenvalue weighted by Gasteiger charge is 2.18. The van der Waals surface area contributed by atoms with Gasteiger partial charge in [0.2, 0.25) is 0 Å². The van der Waals surface area contributed by atoms with Gasteiger partial charge in [0.1, 0.15) is 5.75 Å². The SMILES string of the molecule is Cc1ccc(C(=O)N(Cc2ccncc2)Cc2ccc(OCC3CC=CCC3)cc2)s1. The molecule has 0 fully saturated rings. The molecule has 0 bridgehead atoms. The van der Waals surface area contributed by atoms with Crippen LogP contribution in [0.3, 0.4) is 0 Å².